The smallest absolute Gasteiger partial charge is 0.317 e. The molecule has 2 amide bonds. The number of carboxylic acid groups (broad SMARTS) is 1. The van der Waals surface area contributed by atoms with Gasteiger partial charge in [-0.2, -0.15) is 5.26 Å². The molecule has 0 aliphatic heterocycles. The second-order valence-electron chi connectivity index (χ2n) is 3.86. The van der Waals surface area contributed by atoms with Crippen LogP contribution in [0.3, 0.4) is 0 Å². The molecule has 0 aliphatic rings. The van der Waals surface area contributed by atoms with Crippen LogP contribution in [0, 0.1) is 17.2 Å². The number of nitrogens with zero attached hydrogens (tertiary/aromatic N) is 2. The molecule has 0 fully saturated rings. The van der Waals surface area contributed by atoms with Gasteiger partial charge in [-0.25, -0.2) is 4.79 Å². The van der Waals surface area contributed by atoms with Crippen molar-refractivity contribution in [2.24, 2.45) is 5.92 Å². The van der Waals surface area contributed by atoms with Gasteiger partial charge in [-0.1, -0.05) is 0 Å². The van der Waals surface area contributed by atoms with Gasteiger partial charge < -0.3 is 15.3 Å². The molecule has 0 aliphatic carbocycles. The standard InChI is InChI=1S/C10H17N3O3/c1-7(5-11)6-13(3)10(16)12-8(2)4-9(14)15/h7-8H,4,6H2,1-3H3,(H,12,16)(H,14,15). The van der Waals surface area contributed by atoms with Crippen molar-refractivity contribution in [3.05, 3.63) is 0 Å². The number of hydrogen-bond donors (Lipinski definition) is 2. The molecule has 2 unspecified atom stereocenters. The Morgan fingerprint density at radius 2 is 2.06 bits per heavy atom. The van der Waals surface area contributed by atoms with Gasteiger partial charge in [-0.05, 0) is 13.8 Å². The van der Waals surface area contributed by atoms with Crippen molar-refractivity contribution in [1.82, 2.24) is 10.2 Å². The predicted molar refractivity (Wildman–Crippen MR) is 57.7 cm³/mol. The Balaban J connectivity index is 4.06. The normalized spacial score (nSPS) is 13.4. The van der Waals surface area contributed by atoms with Gasteiger partial charge >= 0.3 is 12.0 Å². The molecule has 0 saturated heterocycles. The summed E-state index contributed by atoms with van der Waals surface area (Å²) in [5, 5.41) is 19.6. The van der Waals surface area contributed by atoms with Gasteiger partial charge in [-0.15, -0.1) is 0 Å². The lowest BCUT2D eigenvalue weighted by atomic mass is 10.2. The lowest BCUT2D eigenvalue weighted by Crippen LogP contribution is -2.43. The van der Waals surface area contributed by atoms with E-state index in [1.54, 1.807) is 20.9 Å². The Morgan fingerprint density at radius 3 is 2.50 bits per heavy atom. The summed E-state index contributed by atoms with van der Waals surface area (Å²) in [4.78, 5) is 23.2. The number of carboxylic acids is 1. The van der Waals surface area contributed by atoms with Gasteiger partial charge in [-0.3, -0.25) is 4.79 Å². The first-order valence-electron chi connectivity index (χ1n) is 4.99. The summed E-state index contributed by atoms with van der Waals surface area (Å²) in [6, 6.07) is 1.23. The number of nitrogens with one attached hydrogen (secondary N) is 1. The molecule has 0 aromatic rings. The van der Waals surface area contributed by atoms with Gasteiger partial charge in [0.2, 0.25) is 0 Å². The fourth-order valence-electron chi connectivity index (χ4n) is 1.17. The second kappa shape index (κ2) is 6.67. The average molecular weight is 227 g/mol. The number of aliphatic carboxylic acids is 1. The number of carbonyl (C=O) groups excluding carboxylic acids is 1. The fourth-order valence-corrected chi connectivity index (χ4v) is 1.17. The van der Waals surface area contributed by atoms with Crippen molar-refractivity contribution in [1.29, 1.82) is 5.26 Å². The third kappa shape index (κ3) is 5.86. The number of amides is 2. The molecule has 0 aromatic heterocycles. The molecule has 0 spiro atoms. The molecule has 0 aromatic carbocycles. The molecule has 6 nitrogen and oxygen atoms in total. The lowest BCUT2D eigenvalue weighted by Gasteiger charge is -2.21. The van der Waals surface area contributed by atoms with Gasteiger partial charge in [0, 0.05) is 19.6 Å². The number of urea groups is 1. The van der Waals surface area contributed by atoms with E-state index in [0.29, 0.717) is 6.54 Å². The van der Waals surface area contributed by atoms with Crippen LogP contribution in [0.5, 0.6) is 0 Å². The minimum absolute atomic E-state index is 0.118. The summed E-state index contributed by atoms with van der Waals surface area (Å²) in [5.41, 5.74) is 0. The Kier molecular flexibility index (Phi) is 5.93. The van der Waals surface area contributed by atoms with E-state index >= 15 is 0 Å². The highest BCUT2D eigenvalue weighted by Gasteiger charge is 2.15. The largest absolute Gasteiger partial charge is 0.481 e. The van der Waals surface area contributed by atoms with Crippen LogP contribution < -0.4 is 5.32 Å². The second-order valence-corrected chi connectivity index (χ2v) is 3.86. The first kappa shape index (κ1) is 14.2. The number of hydrogen-bond acceptors (Lipinski definition) is 3. The number of rotatable bonds is 5. The van der Waals surface area contributed by atoms with Crippen molar-refractivity contribution in [2.45, 2.75) is 26.3 Å². The quantitative estimate of drug-likeness (QED) is 0.721. The van der Waals surface area contributed by atoms with E-state index in [1.165, 1.54) is 4.90 Å². The van der Waals surface area contributed by atoms with Crippen LogP contribution in [0.1, 0.15) is 20.3 Å². The van der Waals surface area contributed by atoms with Crippen molar-refractivity contribution >= 4 is 12.0 Å². The van der Waals surface area contributed by atoms with Crippen LogP contribution in [-0.2, 0) is 4.79 Å². The summed E-state index contributed by atoms with van der Waals surface area (Å²) in [5.74, 6) is -1.20. The molecule has 0 saturated carbocycles. The summed E-state index contributed by atoms with van der Waals surface area (Å²) in [6.45, 7) is 3.65. The van der Waals surface area contributed by atoms with Gasteiger partial charge in [0.25, 0.3) is 0 Å². The molecule has 0 bridgehead atoms. The Labute approximate surface area is 94.8 Å². The summed E-state index contributed by atoms with van der Waals surface area (Å²) < 4.78 is 0. The topological polar surface area (TPSA) is 93.4 Å². The highest BCUT2D eigenvalue weighted by atomic mass is 16.4. The van der Waals surface area contributed by atoms with Gasteiger partial charge in [0.1, 0.15) is 0 Å². The third-order valence-corrected chi connectivity index (χ3v) is 1.97. The van der Waals surface area contributed by atoms with Gasteiger partial charge in [0.05, 0.1) is 18.4 Å². The zero-order valence-corrected chi connectivity index (χ0v) is 9.73. The minimum atomic E-state index is -0.958. The molecule has 6 heteroatoms. The number of carbonyl (C=O) groups is 2. The zero-order chi connectivity index (χ0) is 12.7. The van der Waals surface area contributed by atoms with Crippen LogP contribution >= 0.6 is 0 Å². The Hall–Kier alpha value is -1.77. The zero-order valence-electron chi connectivity index (χ0n) is 9.73. The summed E-state index contributed by atoms with van der Waals surface area (Å²) in [6.07, 6.45) is -0.118. The molecule has 90 valence electrons. The van der Waals surface area contributed by atoms with Crippen LogP contribution in [0.4, 0.5) is 4.79 Å². The van der Waals surface area contributed by atoms with E-state index < -0.39 is 12.0 Å². The predicted octanol–water partition coefficient (Wildman–Crippen LogP) is 0.651. The molecule has 16 heavy (non-hydrogen) atoms. The van der Waals surface area contributed by atoms with Crippen molar-refractivity contribution in [3.8, 4) is 6.07 Å². The highest BCUT2D eigenvalue weighted by molar-refractivity contribution is 5.75. The van der Waals surface area contributed by atoms with Crippen molar-refractivity contribution in [3.63, 3.8) is 0 Å². The lowest BCUT2D eigenvalue weighted by molar-refractivity contribution is -0.137. The molecule has 2 N–H and O–H groups in total. The first-order valence-corrected chi connectivity index (χ1v) is 4.99. The first-order chi connectivity index (χ1) is 7.36. The van der Waals surface area contributed by atoms with Crippen LogP contribution in [0.2, 0.25) is 0 Å². The van der Waals surface area contributed by atoms with E-state index in [1.807, 2.05) is 6.07 Å². The maximum atomic E-state index is 11.5. The summed E-state index contributed by atoms with van der Waals surface area (Å²) >= 11 is 0. The fraction of sp³-hybridized carbons (Fsp3) is 0.700. The van der Waals surface area contributed by atoms with E-state index in [4.69, 9.17) is 10.4 Å². The summed E-state index contributed by atoms with van der Waals surface area (Å²) in [7, 11) is 1.57. The third-order valence-electron chi connectivity index (χ3n) is 1.97. The Bertz CT molecular complexity index is 298. The monoisotopic (exact) mass is 227 g/mol. The Morgan fingerprint density at radius 1 is 1.50 bits per heavy atom. The average Bonchev–Trinajstić information content (AvgIpc) is 2.15. The van der Waals surface area contributed by atoms with Crippen molar-refractivity contribution in [2.75, 3.05) is 13.6 Å². The van der Waals surface area contributed by atoms with Crippen molar-refractivity contribution < 1.29 is 14.7 Å². The van der Waals surface area contributed by atoms with E-state index in [-0.39, 0.29) is 18.4 Å². The van der Waals surface area contributed by atoms with Crippen LogP contribution in [0.15, 0.2) is 0 Å². The molecular weight excluding hydrogens is 210 g/mol. The maximum absolute atomic E-state index is 11.5. The molecule has 0 heterocycles. The minimum Gasteiger partial charge on any atom is -0.481 e. The van der Waals surface area contributed by atoms with E-state index in [2.05, 4.69) is 5.32 Å². The number of nitriles is 1. The SMILES string of the molecule is CC(C#N)CN(C)C(=O)NC(C)CC(=O)O. The highest BCUT2D eigenvalue weighted by Crippen LogP contribution is 1.98. The maximum Gasteiger partial charge on any atom is 0.317 e. The molecular formula is C10H17N3O3. The van der Waals surface area contributed by atoms with E-state index in [0.717, 1.165) is 0 Å². The molecule has 0 radical (unpaired) electrons. The van der Waals surface area contributed by atoms with Crippen LogP contribution in [-0.4, -0.2) is 41.6 Å². The molecule has 2 atom stereocenters. The molecule has 0 rings (SSSR count). The van der Waals surface area contributed by atoms with Crippen LogP contribution in [0.25, 0.3) is 0 Å². The van der Waals surface area contributed by atoms with E-state index in [9.17, 15) is 9.59 Å². The van der Waals surface area contributed by atoms with Gasteiger partial charge in [0.15, 0.2) is 0 Å².